The quantitative estimate of drug-likeness (QED) is 0.680. The highest BCUT2D eigenvalue weighted by molar-refractivity contribution is 6.02. The standard InChI is InChI=1S/C16H21NO3/c1-19-12-3-4-14(17)13(9-12)15(18)11-5-8-20-16(10-11)6-2-7-16/h3-4,9,11H,2,5-8,10,17H2,1H3. The highest BCUT2D eigenvalue weighted by atomic mass is 16.5. The summed E-state index contributed by atoms with van der Waals surface area (Å²) in [7, 11) is 1.59. The number of methoxy groups -OCH3 is 1. The number of Topliss-reactive ketones (excluding diaryl/α,β-unsaturated/α-hetero) is 1. The van der Waals surface area contributed by atoms with Crippen LogP contribution in [0.1, 0.15) is 42.5 Å². The molecule has 0 amide bonds. The Kier molecular flexibility index (Phi) is 3.42. The van der Waals surface area contributed by atoms with Crippen molar-refractivity contribution in [2.24, 2.45) is 5.92 Å². The van der Waals surface area contributed by atoms with E-state index in [1.54, 1.807) is 25.3 Å². The topological polar surface area (TPSA) is 61.5 Å². The van der Waals surface area contributed by atoms with Crippen LogP contribution in [-0.2, 0) is 4.74 Å². The maximum atomic E-state index is 12.7. The molecule has 2 fully saturated rings. The zero-order valence-corrected chi connectivity index (χ0v) is 11.9. The number of benzene rings is 1. The fourth-order valence-corrected chi connectivity index (χ4v) is 3.27. The summed E-state index contributed by atoms with van der Waals surface area (Å²) in [5, 5.41) is 0. The lowest BCUT2D eigenvalue weighted by atomic mass is 9.70. The molecular weight excluding hydrogens is 254 g/mol. The molecule has 1 aromatic carbocycles. The van der Waals surface area contributed by atoms with Gasteiger partial charge in [0.05, 0.1) is 12.7 Å². The summed E-state index contributed by atoms with van der Waals surface area (Å²) in [6.07, 6.45) is 5.01. The zero-order valence-electron chi connectivity index (χ0n) is 11.9. The Bertz CT molecular complexity index is 522. The number of carbonyl (C=O) groups is 1. The van der Waals surface area contributed by atoms with E-state index in [0.29, 0.717) is 23.6 Å². The molecule has 0 radical (unpaired) electrons. The van der Waals surface area contributed by atoms with Crippen molar-refractivity contribution in [3.05, 3.63) is 23.8 Å². The van der Waals surface area contributed by atoms with Gasteiger partial charge in [0.15, 0.2) is 5.78 Å². The number of hydrogen-bond donors (Lipinski definition) is 1. The molecule has 1 atom stereocenters. The van der Waals surface area contributed by atoms with Crippen LogP contribution in [0.25, 0.3) is 0 Å². The molecule has 1 heterocycles. The van der Waals surface area contributed by atoms with Gasteiger partial charge in [-0.1, -0.05) is 0 Å². The van der Waals surface area contributed by atoms with Crippen molar-refractivity contribution in [1.82, 2.24) is 0 Å². The molecular formula is C16H21NO3. The maximum Gasteiger partial charge on any atom is 0.168 e. The van der Waals surface area contributed by atoms with Crippen molar-refractivity contribution in [2.75, 3.05) is 19.5 Å². The number of ether oxygens (including phenoxy) is 2. The van der Waals surface area contributed by atoms with Crippen molar-refractivity contribution in [3.63, 3.8) is 0 Å². The average molecular weight is 275 g/mol. The highest BCUT2D eigenvalue weighted by Crippen LogP contribution is 2.45. The van der Waals surface area contributed by atoms with Crippen LogP contribution in [0.3, 0.4) is 0 Å². The second kappa shape index (κ2) is 5.09. The van der Waals surface area contributed by atoms with Gasteiger partial charge >= 0.3 is 0 Å². The van der Waals surface area contributed by atoms with Crippen LogP contribution in [0.15, 0.2) is 18.2 Å². The number of rotatable bonds is 3. The number of nitrogens with two attached hydrogens (primary N) is 1. The van der Waals surface area contributed by atoms with Crippen LogP contribution >= 0.6 is 0 Å². The van der Waals surface area contributed by atoms with E-state index in [0.717, 1.165) is 25.7 Å². The molecule has 0 aromatic heterocycles. The zero-order chi connectivity index (χ0) is 14.2. The van der Waals surface area contributed by atoms with Crippen LogP contribution < -0.4 is 10.5 Å². The molecule has 1 aliphatic carbocycles. The van der Waals surface area contributed by atoms with E-state index in [4.69, 9.17) is 15.2 Å². The van der Waals surface area contributed by atoms with Crippen LogP contribution in [0.4, 0.5) is 5.69 Å². The second-order valence-corrected chi connectivity index (χ2v) is 5.89. The molecule has 3 rings (SSSR count). The Balaban J connectivity index is 1.81. The molecule has 1 saturated carbocycles. The lowest BCUT2D eigenvalue weighted by molar-refractivity contribution is -0.137. The molecule has 1 unspecified atom stereocenters. The third-order valence-electron chi connectivity index (χ3n) is 4.65. The van der Waals surface area contributed by atoms with Gasteiger partial charge in [0, 0.05) is 23.8 Å². The third kappa shape index (κ3) is 2.29. The molecule has 20 heavy (non-hydrogen) atoms. The molecule has 2 N–H and O–H groups in total. The van der Waals surface area contributed by atoms with Crippen molar-refractivity contribution in [1.29, 1.82) is 0 Å². The van der Waals surface area contributed by atoms with Crippen molar-refractivity contribution in [2.45, 2.75) is 37.7 Å². The summed E-state index contributed by atoms with van der Waals surface area (Å²) in [6.45, 7) is 0.681. The summed E-state index contributed by atoms with van der Waals surface area (Å²) in [6, 6.07) is 5.27. The largest absolute Gasteiger partial charge is 0.497 e. The van der Waals surface area contributed by atoms with E-state index in [2.05, 4.69) is 0 Å². The van der Waals surface area contributed by atoms with E-state index >= 15 is 0 Å². The third-order valence-corrected chi connectivity index (χ3v) is 4.65. The fraction of sp³-hybridized carbons (Fsp3) is 0.562. The van der Waals surface area contributed by atoms with Crippen molar-refractivity contribution >= 4 is 11.5 Å². The summed E-state index contributed by atoms with van der Waals surface area (Å²) in [5.74, 6) is 0.836. The molecule has 0 bridgehead atoms. The van der Waals surface area contributed by atoms with E-state index in [9.17, 15) is 4.79 Å². The Labute approximate surface area is 119 Å². The van der Waals surface area contributed by atoms with Crippen LogP contribution in [-0.4, -0.2) is 25.1 Å². The first-order valence-corrected chi connectivity index (χ1v) is 7.25. The van der Waals surface area contributed by atoms with E-state index in [-0.39, 0.29) is 17.3 Å². The minimum absolute atomic E-state index is 0.0216. The first kappa shape index (κ1) is 13.4. The van der Waals surface area contributed by atoms with Crippen molar-refractivity contribution in [3.8, 4) is 5.75 Å². The number of nitrogen functional groups attached to an aromatic ring is 1. The van der Waals surface area contributed by atoms with E-state index in [1.807, 2.05) is 0 Å². The second-order valence-electron chi connectivity index (χ2n) is 5.89. The normalized spacial score (nSPS) is 24.1. The van der Waals surface area contributed by atoms with Gasteiger partial charge in [0.1, 0.15) is 5.75 Å². The van der Waals surface area contributed by atoms with Gasteiger partial charge in [-0.3, -0.25) is 4.79 Å². The fourth-order valence-electron chi connectivity index (χ4n) is 3.27. The smallest absolute Gasteiger partial charge is 0.168 e. The van der Waals surface area contributed by atoms with Gasteiger partial charge < -0.3 is 15.2 Å². The number of ketones is 1. The minimum Gasteiger partial charge on any atom is -0.497 e. The number of carbonyl (C=O) groups excluding carboxylic acids is 1. The van der Waals surface area contributed by atoms with Gasteiger partial charge in [0.2, 0.25) is 0 Å². The SMILES string of the molecule is COc1ccc(N)c(C(=O)C2CCOC3(CCC3)C2)c1. The van der Waals surface area contributed by atoms with Crippen LogP contribution in [0.5, 0.6) is 5.75 Å². The van der Waals surface area contributed by atoms with Gasteiger partial charge in [-0.05, 0) is 50.3 Å². The predicted molar refractivity (Wildman–Crippen MR) is 77.0 cm³/mol. The monoisotopic (exact) mass is 275 g/mol. The lowest BCUT2D eigenvalue weighted by Crippen LogP contribution is -2.47. The Morgan fingerprint density at radius 1 is 1.45 bits per heavy atom. The molecule has 1 aliphatic heterocycles. The highest BCUT2D eigenvalue weighted by Gasteiger charge is 2.44. The molecule has 1 saturated heterocycles. The Morgan fingerprint density at radius 3 is 2.90 bits per heavy atom. The van der Waals surface area contributed by atoms with Gasteiger partial charge in [-0.15, -0.1) is 0 Å². The molecule has 108 valence electrons. The number of hydrogen-bond acceptors (Lipinski definition) is 4. The Morgan fingerprint density at radius 2 is 2.25 bits per heavy atom. The summed E-state index contributed by atoms with van der Waals surface area (Å²) >= 11 is 0. The Hall–Kier alpha value is -1.55. The maximum absolute atomic E-state index is 12.7. The molecule has 1 spiro atoms. The average Bonchev–Trinajstić information content (AvgIpc) is 2.45. The summed E-state index contributed by atoms with van der Waals surface area (Å²) in [5.41, 5.74) is 7.06. The first-order chi connectivity index (χ1) is 9.63. The number of anilines is 1. The summed E-state index contributed by atoms with van der Waals surface area (Å²) < 4.78 is 11.1. The van der Waals surface area contributed by atoms with Crippen LogP contribution in [0, 0.1) is 5.92 Å². The van der Waals surface area contributed by atoms with E-state index < -0.39 is 0 Å². The molecule has 2 aliphatic rings. The van der Waals surface area contributed by atoms with Crippen molar-refractivity contribution < 1.29 is 14.3 Å². The van der Waals surface area contributed by atoms with Gasteiger partial charge in [0.25, 0.3) is 0 Å². The minimum atomic E-state index is -0.0216. The predicted octanol–water partition coefficient (Wildman–Crippen LogP) is 2.81. The van der Waals surface area contributed by atoms with E-state index in [1.165, 1.54) is 6.42 Å². The molecule has 4 heteroatoms. The lowest BCUT2D eigenvalue weighted by Gasteiger charge is -2.46. The first-order valence-electron chi connectivity index (χ1n) is 7.25. The summed E-state index contributed by atoms with van der Waals surface area (Å²) in [4.78, 5) is 12.7. The van der Waals surface area contributed by atoms with Crippen LogP contribution in [0.2, 0.25) is 0 Å². The van der Waals surface area contributed by atoms with Gasteiger partial charge in [-0.25, -0.2) is 0 Å². The molecule has 4 nitrogen and oxygen atoms in total. The van der Waals surface area contributed by atoms with Gasteiger partial charge in [-0.2, -0.15) is 0 Å². The molecule has 1 aromatic rings.